The van der Waals surface area contributed by atoms with Gasteiger partial charge in [-0.05, 0) is 55.2 Å². The van der Waals surface area contributed by atoms with Crippen LogP contribution in [0.15, 0.2) is 48.9 Å². The number of nitrogens with two attached hydrogens (primary N) is 2. The molecular formula is C31H38N6O4. The number of benzene rings is 1. The number of aryl methyl sites for hydroxylation is 1. The smallest absolute Gasteiger partial charge is 0.308 e. The van der Waals surface area contributed by atoms with E-state index in [1.54, 1.807) is 33.8 Å². The Morgan fingerprint density at radius 2 is 1.76 bits per heavy atom. The van der Waals surface area contributed by atoms with Crippen molar-refractivity contribution in [2.45, 2.75) is 72.1 Å². The average molecular weight is 559 g/mol. The number of hydrogen-bond donors (Lipinski definition) is 2. The molecule has 1 aromatic carbocycles. The number of fused-ring (bicyclic) bond motifs is 2. The molecule has 0 radical (unpaired) electrons. The number of aromatic nitrogens is 4. The number of pyridine rings is 1. The van der Waals surface area contributed by atoms with Gasteiger partial charge >= 0.3 is 11.9 Å². The zero-order valence-electron chi connectivity index (χ0n) is 24.2. The molecule has 0 bridgehead atoms. The number of hydrogen-bond acceptors (Lipinski definition) is 9. The topological polar surface area (TPSA) is 148 Å². The highest BCUT2D eigenvalue weighted by Gasteiger charge is 2.56. The highest BCUT2D eigenvalue weighted by atomic mass is 16.6. The number of esters is 2. The number of carbonyl (C=O) groups excluding carboxylic acids is 2. The van der Waals surface area contributed by atoms with Gasteiger partial charge in [-0.25, -0.2) is 15.0 Å². The first-order valence-electron chi connectivity index (χ1n) is 14.1. The minimum absolute atomic E-state index is 0.328. The van der Waals surface area contributed by atoms with E-state index in [1.807, 2.05) is 29.0 Å². The number of anilines is 2. The van der Waals surface area contributed by atoms with Crippen LogP contribution in [0.25, 0.3) is 21.9 Å². The van der Waals surface area contributed by atoms with Crippen LogP contribution >= 0.6 is 0 Å². The third-order valence-electron chi connectivity index (χ3n) is 8.14. The summed E-state index contributed by atoms with van der Waals surface area (Å²) < 4.78 is 14.4. The van der Waals surface area contributed by atoms with Gasteiger partial charge in [-0.2, -0.15) is 0 Å². The molecule has 1 aliphatic rings. The summed E-state index contributed by atoms with van der Waals surface area (Å²) in [7, 11) is 0. The Labute approximate surface area is 239 Å². The second-order valence-corrected chi connectivity index (χ2v) is 12.0. The quantitative estimate of drug-likeness (QED) is 0.289. The fourth-order valence-corrected chi connectivity index (χ4v) is 5.72. The summed E-state index contributed by atoms with van der Waals surface area (Å²) >= 11 is 0. The predicted molar refractivity (Wildman–Crippen MR) is 158 cm³/mol. The third-order valence-corrected chi connectivity index (χ3v) is 8.14. The van der Waals surface area contributed by atoms with Crippen molar-refractivity contribution in [3.8, 4) is 0 Å². The molecule has 4 aromatic rings. The summed E-state index contributed by atoms with van der Waals surface area (Å²) in [6.07, 6.45) is 3.96. The molecule has 3 aromatic heterocycles. The molecule has 1 saturated carbocycles. The van der Waals surface area contributed by atoms with E-state index in [0.29, 0.717) is 30.1 Å². The SMILES string of the molecule is CC(C)C(=O)O[C@H]1[C@H](n2ccc3c(N)ncnc32)C[C@](C)(CCc2ccc3nc(N)ccc3c2)[C@H]1OC(=O)C(C)C. The van der Waals surface area contributed by atoms with E-state index in [4.69, 9.17) is 20.9 Å². The summed E-state index contributed by atoms with van der Waals surface area (Å²) in [5.41, 5.74) is 14.1. The van der Waals surface area contributed by atoms with Crippen LogP contribution in [0.3, 0.4) is 0 Å². The first-order chi connectivity index (χ1) is 19.5. The summed E-state index contributed by atoms with van der Waals surface area (Å²) in [6.45, 7) is 9.30. The molecule has 0 unspecified atom stereocenters. The van der Waals surface area contributed by atoms with E-state index in [1.165, 1.54) is 6.33 Å². The van der Waals surface area contributed by atoms with Gasteiger partial charge in [0.25, 0.3) is 0 Å². The molecule has 5 rings (SSSR count). The molecule has 3 heterocycles. The van der Waals surface area contributed by atoms with Gasteiger partial charge in [0.2, 0.25) is 0 Å². The standard InChI is InChI=1S/C31H38N6O4/c1-17(2)29(38)40-25-23(37-13-11-21-27(33)34-16-35-28(21)37)15-31(5,26(25)41-30(39)18(3)4)12-10-19-6-8-22-20(14-19)7-9-24(32)36-22/h6-9,11,13-14,16-18,23,25-26H,10,12,15H2,1-5H3,(H2,32,36)(H2,33,34,35)/t23-,25+,26+,31+/m1/s1. The second kappa shape index (κ2) is 11.0. The van der Waals surface area contributed by atoms with Gasteiger partial charge < -0.3 is 25.5 Å². The van der Waals surface area contributed by atoms with Crippen LogP contribution in [0.2, 0.25) is 0 Å². The Morgan fingerprint density at radius 3 is 2.49 bits per heavy atom. The molecule has 1 fully saturated rings. The molecule has 4 atom stereocenters. The minimum Gasteiger partial charge on any atom is -0.458 e. The fourth-order valence-electron chi connectivity index (χ4n) is 5.72. The maximum Gasteiger partial charge on any atom is 0.308 e. The maximum atomic E-state index is 13.0. The van der Waals surface area contributed by atoms with E-state index < -0.39 is 17.6 Å². The monoisotopic (exact) mass is 558 g/mol. The molecular weight excluding hydrogens is 520 g/mol. The average Bonchev–Trinajstić information content (AvgIpc) is 3.47. The predicted octanol–water partition coefficient (Wildman–Crippen LogP) is 4.86. The minimum atomic E-state index is -0.715. The van der Waals surface area contributed by atoms with Gasteiger partial charge in [0.15, 0.2) is 6.10 Å². The van der Waals surface area contributed by atoms with Crippen LogP contribution < -0.4 is 11.5 Å². The summed E-state index contributed by atoms with van der Waals surface area (Å²) in [5, 5.41) is 1.73. The van der Waals surface area contributed by atoms with Crippen molar-refractivity contribution in [3.63, 3.8) is 0 Å². The Bertz CT molecular complexity index is 1600. The molecule has 1 aliphatic carbocycles. The summed E-state index contributed by atoms with van der Waals surface area (Å²) in [4.78, 5) is 39.0. The zero-order chi connectivity index (χ0) is 29.5. The van der Waals surface area contributed by atoms with Crippen LogP contribution in [0.5, 0.6) is 0 Å². The van der Waals surface area contributed by atoms with Gasteiger partial charge in [0, 0.05) is 17.0 Å². The van der Waals surface area contributed by atoms with Crippen molar-refractivity contribution in [1.82, 2.24) is 19.5 Å². The lowest BCUT2D eigenvalue weighted by Gasteiger charge is -2.34. The van der Waals surface area contributed by atoms with Crippen molar-refractivity contribution in [3.05, 3.63) is 54.5 Å². The fraction of sp³-hybridized carbons (Fsp3) is 0.452. The Balaban J connectivity index is 1.53. The molecule has 41 heavy (non-hydrogen) atoms. The Hall–Kier alpha value is -4.21. The van der Waals surface area contributed by atoms with Crippen molar-refractivity contribution >= 4 is 45.5 Å². The van der Waals surface area contributed by atoms with Gasteiger partial charge in [0.05, 0.1) is 28.8 Å². The van der Waals surface area contributed by atoms with E-state index in [2.05, 4.69) is 34.0 Å². The van der Waals surface area contributed by atoms with Crippen LogP contribution in [-0.4, -0.2) is 43.7 Å². The van der Waals surface area contributed by atoms with Crippen LogP contribution in [0.1, 0.15) is 59.1 Å². The number of nitrogens with zero attached hydrogens (tertiary/aromatic N) is 4. The van der Waals surface area contributed by atoms with Crippen LogP contribution in [0, 0.1) is 17.3 Å². The van der Waals surface area contributed by atoms with Gasteiger partial charge in [-0.3, -0.25) is 9.59 Å². The number of nitrogen functional groups attached to an aromatic ring is 2. The molecule has 0 saturated heterocycles. The molecule has 0 aliphatic heterocycles. The van der Waals surface area contributed by atoms with E-state index >= 15 is 0 Å². The van der Waals surface area contributed by atoms with Gasteiger partial charge in [0.1, 0.15) is 29.7 Å². The maximum absolute atomic E-state index is 13.0. The van der Waals surface area contributed by atoms with Crippen molar-refractivity contribution < 1.29 is 19.1 Å². The highest BCUT2D eigenvalue weighted by molar-refractivity contribution is 5.86. The number of ether oxygens (including phenoxy) is 2. The van der Waals surface area contributed by atoms with Gasteiger partial charge in [-0.1, -0.05) is 40.7 Å². The summed E-state index contributed by atoms with van der Waals surface area (Å²) in [5.74, 6) is -0.493. The highest BCUT2D eigenvalue weighted by Crippen LogP contribution is 2.51. The molecule has 216 valence electrons. The number of carbonyl (C=O) groups is 2. The van der Waals surface area contributed by atoms with Crippen molar-refractivity contribution in [1.29, 1.82) is 0 Å². The second-order valence-electron chi connectivity index (χ2n) is 12.0. The van der Waals surface area contributed by atoms with Crippen LogP contribution in [-0.2, 0) is 25.5 Å². The van der Waals surface area contributed by atoms with Crippen LogP contribution in [0.4, 0.5) is 11.6 Å². The lowest BCUT2D eigenvalue weighted by Crippen LogP contribution is -2.43. The summed E-state index contributed by atoms with van der Waals surface area (Å²) in [6, 6.07) is 11.4. The molecule has 10 heteroatoms. The Morgan fingerprint density at radius 1 is 1.02 bits per heavy atom. The molecule has 4 N–H and O–H groups in total. The van der Waals surface area contributed by atoms with E-state index in [-0.39, 0.29) is 29.8 Å². The molecule has 10 nitrogen and oxygen atoms in total. The lowest BCUT2D eigenvalue weighted by molar-refractivity contribution is -0.177. The van der Waals surface area contributed by atoms with Crippen molar-refractivity contribution in [2.75, 3.05) is 11.5 Å². The van der Waals surface area contributed by atoms with Gasteiger partial charge in [-0.15, -0.1) is 0 Å². The molecule has 0 amide bonds. The normalized spacial score (nSPS) is 22.6. The Kier molecular flexibility index (Phi) is 7.59. The largest absolute Gasteiger partial charge is 0.458 e. The first kappa shape index (κ1) is 28.3. The third kappa shape index (κ3) is 5.55. The number of rotatable bonds is 8. The van der Waals surface area contributed by atoms with E-state index in [0.717, 1.165) is 28.3 Å². The lowest BCUT2D eigenvalue weighted by atomic mass is 9.80. The van der Waals surface area contributed by atoms with E-state index in [9.17, 15) is 9.59 Å². The molecule has 0 spiro atoms. The zero-order valence-corrected chi connectivity index (χ0v) is 24.2. The van der Waals surface area contributed by atoms with Crippen molar-refractivity contribution in [2.24, 2.45) is 17.3 Å². The first-order valence-corrected chi connectivity index (χ1v) is 14.1.